The van der Waals surface area contributed by atoms with Crippen LogP contribution in [0.15, 0.2) is 0 Å². The van der Waals surface area contributed by atoms with E-state index < -0.39 is 36.9 Å². The van der Waals surface area contributed by atoms with E-state index in [9.17, 15) is 25.2 Å². The second kappa shape index (κ2) is 29.4. The highest BCUT2D eigenvalue weighted by atomic mass is 16.3. The zero-order valence-corrected chi connectivity index (χ0v) is 27.5. The smallest absolute Gasteiger partial charge is 0.249 e. The Hall–Kier alpha value is -0.690. The first-order valence-corrected chi connectivity index (χ1v) is 17.8. The summed E-state index contributed by atoms with van der Waals surface area (Å²) in [6, 6.07) is -0.977. The van der Waals surface area contributed by atoms with Crippen LogP contribution in [0, 0.1) is 5.92 Å². The molecule has 0 saturated carbocycles. The summed E-state index contributed by atoms with van der Waals surface area (Å²) in [5.74, 6) is 0.270. The summed E-state index contributed by atoms with van der Waals surface area (Å²) in [5, 5.41) is 43.4. The average molecular weight is 586 g/mol. The second-order valence-electron chi connectivity index (χ2n) is 12.8. The maximum Gasteiger partial charge on any atom is 0.249 e. The molecule has 0 aliphatic rings. The first kappa shape index (κ1) is 40.3. The zero-order chi connectivity index (χ0) is 30.6. The Bertz CT molecular complexity index is 561. The predicted molar refractivity (Wildman–Crippen MR) is 173 cm³/mol. The average Bonchev–Trinajstić information content (AvgIpc) is 2.98. The largest absolute Gasteiger partial charge is 0.394 e. The van der Waals surface area contributed by atoms with Gasteiger partial charge in [0.25, 0.3) is 0 Å². The summed E-state index contributed by atoms with van der Waals surface area (Å²) < 4.78 is 0. The lowest BCUT2D eigenvalue weighted by molar-refractivity contribution is -0.132. The van der Waals surface area contributed by atoms with Crippen molar-refractivity contribution in [3.05, 3.63) is 0 Å². The van der Waals surface area contributed by atoms with Crippen molar-refractivity contribution in [2.24, 2.45) is 5.92 Å². The fraction of sp³-hybridized carbons (Fsp3) is 0.971. The van der Waals surface area contributed by atoms with Crippen molar-refractivity contribution in [2.45, 2.75) is 206 Å². The minimum absolute atomic E-state index is 0.373. The maximum atomic E-state index is 12.4. The molecule has 0 aromatic rings. The molecule has 0 spiro atoms. The minimum Gasteiger partial charge on any atom is -0.394 e. The lowest BCUT2D eigenvalue weighted by Crippen LogP contribution is -2.53. The number of rotatable bonds is 31. The van der Waals surface area contributed by atoms with Gasteiger partial charge in [0.2, 0.25) is 5.91 Å². The number of aliphatic hydroxyl groups is 4. The molecule has 0 unspecified atom stereocenters. The Morgan fingerprint density at radius 3 is 1.39 bits per heavy atom. The van der Waals surface area contributed by atoms with E-state index in [0.29, 0.717) is 12.8 Å². The topological polar surface area (TPSA) is 110 Å². The summed E-state index contributed by atoms with van der Waals surface area (Å²) in [4.78, 5) is 12.4. The van der Waals surface area contributed by atoms with Gasteiger partial charge in [-0.05, 0) is 18.8 Å². The van der Waals surface area contributed by atoms with E-state index in [-0.39, 0.29) is 0 Å². The number of hydrogen-bond acceptors (Lipinski definition) is 5. The number of nitrogens with one attached hydrogen (secondary N) is 1. The van der Waals surface area contributed by atoms with Crippen molar-refractivity contribution in [3.63, 3.8) is 0 Å². The van der Waals surface area contributed by atoms with Crippen LogP contribution in [-0.4, -0.2) is 57.3 Å². The molecule has 6 heteroatoms. The van der Waals surface area contributed by atoms with Gasteiger partial charge in [0.1, 0.15) is 12.2 Å². The van der Waals surface area contributed by atoms with E-state index in [1.807, 2.05) is 0 Å². The fourth-order valence-electron chi connectivity index (χ4n) is 5.55. The van der Waals surface area contributed by atoms with Crippen molar-refractivity contribution in [2.75, 3.05) is 6.61 Å². The molecule has 246 valence electrons. The van der Waals surface area contributed by atoms with Crippen molar-refractivity contribution in [3.8, 4) is 0 Å². The van der Waals surface area contributed by atoms with Crippen molar-refractivity contribution >= 4 is 5.91 Å². The third kappa shape index (κ3) is 24.4. The maximum absolute atomic E-state index is 12.4. The summed E-state index contributed by atoms with van der Waals surface area (Å²) >= 11 is 0. The summed E-state index contributed by atoms with van der Waals surface area (Å²) in [7, 11) is 0. The van der Waals surface area contributed by atoms with E-state index in [4.69, 9.17) is 0 Å². The molecule has 0 saturated heterocycles. The van der Waals surface area contributed by atoms with Crippen LogP contribution in [0.5, 0.6) is 0 Å². The highest BCUT2D eigenvalue weighted by molar-refractivity contribution is 5.80. The lowest BCUT2D eigenvalue weighted by Gasteiger charge is -2.27. The van der Waals surface area contributed by atoms with Crippen LogP contribution < -0.4 is 5.32 Å². The van der Waals surface area contributed by atoms with Gasteiger partial charge in [-0.3, -0.25) is 4.79 Å². The molecule has 0 aliphatic carbocycles. The third-order valence-corrected chi connectivity index (χ3v) is 8.86. The van der Waals surface area contributed by atoms with Crippen molar-refractivity contribution < 1.29 is 25.2 Å². The highest BCUT2D eigenvalue weighted by Crippen LogP contribution is 2.17. The number of carbonyl (C=O) groups is 1. The normalized spacial score (nSPS) is 15.4. The molecular weight excluding hydrogens is 514 g/mol. The molecule has 0 heterocycles. The van der Waals surface area contributed by atoms with E-state index in [2.05, 4.69) is 26.1 Å². The molecule has 0 radical (unpaired) electrons. The fourth-order valence-corrected chi connectivity index (χ4v) is 5.55. The van der Waals surface area contributed by atoms with Crippen LogP contribution >= 0.6 is 0 Å². The number of carbonyl (C=O) groups excluding carboxylic acids is 1. The monoisotopic (exact) mass is 586 g/mol. The van der Waals surface area contributed by atoms with Crippen LogP contribution in [0.2, 0.25) is 0 Å². The van der Waals surface area contributed by atoms with Gasteiger partial charge in [-0.15, -0.1) is 0 Å². The summed E-state index contributed by atoms with van der Waals surface area (Å²) in [6.07, 6.45) is 25.4. The molecule has 6 nitrogen and oxygen atoms in total. The molecule has 5 atom stereocenters. The molecular formula is C35H71NO5. The van der Waals surface area contributed by atoms with Gasteiger partial charge in [0, 0.05) is 0 Å². The van der Waals surface area contributed by atoms with Crippen LogP contribution in [0.25, 0.3) is 0 Å². The Kier molecular flexibility index (Phi) is 28.9. The van der Waals surface area contributed by atoms with E-state index >= 15 is 0 Å². The first-order valence-electron chi connectivity index (χ1n) is 17.8. The molecule has 1 amide bonds. The number of hydrogen-bond donors (Lipinski definition) is 5. The molecule has 0 aromatic carbocycles. The molecule has 0 bridgehead atoms. The van der Waals surface area contributed by atoms with Crippen molar-refractivity contribution in [1.82, 2.24) is 5.32 Å². The van der Waals surface area contributed by atoms with Crippen LogP contribution in [-0.2, 0) is 4.79 Å². The number of amides is 1. The number of aliphatic hydroxyl groups excluding tert-OH is 4. The van der Waals surface area contributed by atoms with Gasteiger partial charge in [-0.1, -0.05) is 168 Å². The first-order chi connectivity index (χ1) is 19.9. The Labute approximate surface area is 254 Å². The standard InChI is InChI=1S/C35H71NO5/c1-4-6-7-8-9-10-11-12-15-19-22-25-28-33(39)35(41)36-31(29-37)34(40)32(38)27-24-21-18-16-13-14-17-20-23-26-30(3)5-2/h30-34,37-40H,4-29H2,1-3H3,(H,36,41)/t30-,31+,32-,33-,34+/m1/s1. The van der Waals surface area contributed by atoms with Gasteiger partial charge in [0.05, 0.1) is 18.8 Å². The van der Waals surface area contributed by atoms with Gasteiger partial charge < -0.3 is 25.7 Å². The molecule has 41 heavy (non-hydrogen) atoms. The van der Waals surface area contributed by atoms with Crippen LogP contribution in [0.3, 0.4) is 0 Å². The quantitative estimate of drug-likeness (QED) is 0.0530. The van der Waals surface area contributed by atoms with Gasteiger partial charge in [-0.2, -0.15) is 0 Å². The summed E-state index contributed by atoms with van der Waals surface area (Å²) in [6.45, 7) is 6.37. The Morgan fingerprint density at radius 1 is 0.585 bits per heavy atom. The minimum atomic E-state index is -1.25. The zero-order valence-electron chi connectivity index (χ0n) is 27.5. The molecule has 0 fully saturated rings. The van der Waals surface area contributed by atoms with Gasteiger partial charge in [0.15, 0.2) is 0 Å². The molecule has 0 aromatic heterocycles. The van der Waals surface area contributed by atoms with E-state index in [1.165, 1.54) is 109 Å². The highest BCUT2D eigenvalue weighted by Gasteiger charge is 2.28. The van der Waals surface area contributed by atoms with Gasteiger partial charge >= 0.3 is 0 Å². The van der Waals surface area contributed by atoms with E-state index in [0.717, 1.165) is 44.4 Å². The third-order valence-electron chi connectivity index (χ3n) is 8.86. The van der Waals surface area contributed by atoms with Crippen molar-refractivity contribution in [1.29, 1.82) is 0 Å². The second-order valence-corrected chi connectivity index (χ2v) is 12.8. The van der Waals surface area contributed by atoms with Crippen LogP contribution in [0.4, 0.5) is 0 Å². The summed E-state index contributed by atoms with van der Waals surface area (Å²) in [5.41, 5.74) is 0. The predicted octanol–water partition coefficient (Wildman–Crippen LogP) is 7.97. The Balaban J connectivity index is 3.84. The Morgan fingerprint density at radius 2 is 0.976 bits per heavy atom. The molecule has 5 N–H and O–H groups in total. The number of unbranched alkanes of at least 4 members (excludes halogenated alkanes) is 19. The van der Waals surface area contributed by atoms with Gasteiger partial charge in [-0.25, -0.2) is 0 Å². The molecule has 0 rings (SSSR count). The van der Waals surface area contributed by atoms with Crippen LogP contribution in [0.1, 0.15) is 181 Å². The lowest BCUT2D eigenvalue weighted by atomic mass is 9.98. The molecule has 0 aliphatic heterocycles. The van der Waals surface area contributed by atoms with E-state index in [1.54, 1.807) is 0 Å². The SMILES string of the molecule is CCCCCCCCCCCCCC[C@@H](O)C(=O)N[C@@H](CO)[C@H](O)[C@H](O)CCCCCCCCCCC[C@H](C)CC.